The molecule has 0 radical (unpaired) electrons. The molecule has 0 spiro atoms. The standard InChI is InChI=1S/C9H14Cl2O2.C6H14/c10-8(12)6-4-2-1-3-5-7-9(11)13;1-3-5-6-4-2/h1-7H2;3-6H2,1-2H3. The molecule has 0 aromatic carbocycles. The summed E-state index contributed by atoms with van der Waals surface area (Å²) in [4.78, 5) is 20.7. The van der Waals surface area contributed by atoms with Crippen LogP contribution < -0.4 is 0 Å². The fraction of sp³-hybridized carbons (Fsp3) is 0.867. The van der Waals surface area contributed by atoms with Gasteiger partial charge in [0, 0.05) is 12.8 Å². The van der Waals surface area contributed by atoms with Crippen molar-refractivity contribution in [1.29, 1.82) is 0 Å². The fourth-order valence-corrected chi connectivity index (χ4v) is 1.83. The third-order valence-corrected chi connectivity index (χ3v) is 3.08. The summed E-state index contributed by atoms with van der Waals surface area (Å²) in [6.07, 6.45) is 11.2. The Balaban J connectivity index is 0. The second-order valence-electron chi connectivity index (χ2n) is 4.69. The van der Waals surface area contributed by atoms with Crippen molar-refractivity contribution < 1.29 is 9.59 Å². The second-order valence-corrected chi connectivity index (χ2v) is 5.53. The first kappa shape index (κ1) is 21.2. The Hall–Kier alpha value is -0.0800. The van der Waals surface area contributed by atoms with Crippen molar-refractivity contribution >= 4 is 33.7 Å². The number of hydrogen-bond donors (Lipinski definition) is 0. The highest BCUT2D eigenvalue weighted by Crippen LogP contribution is 2.08. The first-order valence-corrected chi connectivity index (χ1v) is 8.16. The molecule has 19 heavy (non-hydrogen) atoms. The van der Waals surface area contributed by atoms with E-state index in [2.05, 4.69) is 13.8 Å². The molecule has 0 aromatic rings. The van der Waals surface area contributed by atoms with Gasteiger partial charge in [-0.1, -0.05) is 58.8 Å². The van der Waals surface area contributed by atoms with Gasteiger partial charge in [0.15, 0.2) is 0 Å². The van der Waals surface area contributed by atoms with Gasteiger partial charge >= 0.3 is 0 Å². The highest BCUT2D eigenvalue weighted by atomic mass is 35.5. The molecule has 114 valence electrons. The molecular formula is C15H28Cl2O2. The molecule has 0 unspecified atom stereocenters. The van der Waals surface area contributed by atoms with Gasteiger partial charge < -0.3 is 0 Å². The molecule has 0 fully saturated rings. The first-order valence-electron chi connectivity index (χ1n) is 7.41. The Kier molecular flexibility index (Phi) is 20.0. The molecule has 0 aliphatic rings. The van der Waals surface area contributed by atoms with Crippen LogP contribution in [-0.2, 0) is 9.59 Å². The molecule has 0 N–H and O–H groups in total. The van der Waals surface area contributed by atoms with Gasteiger partial charge in [0.2, 0.25) is 10.5 Å². The third kappa shape index (κ3) is 27.2. The number of halogens is 2. The summed E-state index contributed by atoms with van der Waals surface area (Å²) < 4.78 is 0. The number of rotatable bonds is 11. The van der Waals surface area contributed by atoms with Crippen molar-refractivity contribution in [1.82, 2.24) is 0 Å². The van der Waals surface area contributed by atoms with E-state index < -0.39 is 0 Å². The van der Waals surface area contributed by atoms with Crippen molar-refractivity contribution in [3.05, 3.63) is 0 Å². The Morgan fingerprint density at radius 2 is 0.947 bits per heavy atom. The number of unbranched alkanes of at least 4 members (excludes halogenated alkanes) is 7. The van der Waals surface area contributed by atoms with Crippen LogP contribution in [0.2, 0.25) is 0 Å². The minimum atomic E-state index is -0.268. The van der Waals surface area contributed by atoms with E-state index in [0.29, 0.717) is 12.8 Å². The van der Waals surface area contributed by atoms with E-state index in [1.807, 2.05) is 0 Å². The van der Waals surface area contributed by atoms with Gasteiger partial charge in [0.05, 0.1) is 0 Å². The average molecular weight is 311 g/mol. The zero-order valence-corrected chi connectivity index (χ0v) is 13.9. The SMILES string of the molecule is CCCCCC.O=C(Cl)CCCCCCCC(=O)Cl. The summed E-state index contributed by atoms with van der Waals surface area (Å²) >= 11 is 10.3. The molecule has 0 amide bonds. The predicted molar refractivity (Wildman–Crippen MR) is 83.9 cm³/mol. The first-order chi connectivity index (χ1) is 9.04. The molecule has 0 rings (SSSR count). The van der Waals surface area contributed by atoms with Crippen molar-refractivity contribution in [3.63, 3.8) is 0 Å². The average Bonchev–Trinajstić information content (AvgIpc) is 2.35. The maximum atomic E-state index is 10.3. The van der Waals surface area contributed by atoms with Crippen molar-refractivity contribution in [2.75, 3.05) is 0 Å². The smallest absolute Gasteiger partial charge is 0.221 e. The maximum absolute atomic E-state index is 10.3. The van der Waals surface area contributed by atoms with E-state index in [1.165, 1.54) is 25.7 Å². The summed E-state index contributed by atoms with van der Waals surface area (Å²) in [5.74, 6) is 0. The minimum Gasteiger partial charge on any atom is -0.281 e. The van der Waals surface area contributed by atoms with E-state index >= 15 is 0 Å². The van der Waals surface area contributed by atoms with Crippen LogP contribution in [0.1, 0.15) is 84.5 Å². The summed E-state index contributed by atoms with van der Waals surface area (Å²) in [6, 6.07) is 0. The fourth-order valence-electron chi connectivity index (χ4n) is 1.56. The predicted octanol–water partition coefficient (Wildman–Crippen LogP) is 5.83. The van der Waals surface area contributed by atoms with Gasteiger partial charge in [-0.2, -0.15) is 0 Å². The van der Waals surface area contributed by atoms with Gasteiger partial charge in [0.1, 0.15) is 0 Å². The summed E-state index contributed by atoms with van der Waals surface area (Å²) in [6.45, 7) is 4.46. The zero-order valence-electron chi connectivity index (χ0n) is 12.4. The lowest BCUT2D eigenvalue weighted by atomic mass is 10.1. The van der Waals surface area contributed by atoms with Crippen LogP contribution in [0, 0.1) is 0 Å². The molecule has 0 bridgehead atoms. The second kappa shape index (κ2) is 17.9. The van der Waals surface area contributed by atoms with Gasteiger partial charge in [-0.05, 0) is 36.0 Å². The van der Waals surface area contributed by atoms with Crippen LogP contribution in [-0.4, -0.2) is 10.5 Å². The number of hydrogen-bond acceptors (Lipinski definition) is 2. The highest BCUT2D eigenvalue weighted by Gasteiger charge is 1.97. The van der Waals surface area contributed by atoms with Crippen LogP contribution in [0.5, 0.6) is 0 Å². The molecule has 0 saturated heterocycles. The zero-order chi connectivity index (χ0) is 14.9. The monoisotopic (exact) mass is 310 g/mol. The lowest BCUT2D eigenvalue weighted by Gasteiger charge is -1.97. The van der Waals surface area contributed by atoms with Gasteiger partial charge in [-0.25, -0.2) is 0 Å². The van der Waals surface area contributed by atoms with Gasteiger partial charge in [-0.15, -0.1) is 0 Å². The summed E-state index contributed by atoms with van der Waals surface area (Å²) in [7, 11) is 0. The summed E-state index contributed by atoms with van der Waals surface area (Å²) in [5, 5.41) is -0.535. The van der Waals surface area contributed by atoms with Crippen molar-refractivity contribution in [2.45, 2.75) is 84.5 Å². The molecule has 0 heterocycles. The Morgan fingerprint density at radius 1 is 0.632 bits per heavy atom. The topological polar surface area (TPSA) is 34.1 Å². The normalized spacial score (nSPS) is 9.68. The van der Waals surface area contributed by atoms with E-state index in [4.69, 9.17) is 23.2 Å². The van der Waals surface area contributed by atoms with Gasteiger partial charge in [0.25, 0.3) is 0 Å². The van der Waals surface area contributed by atoms with Crippen LogP contribution in [0.15, 0.2) is 0 Å². The largest absolute Gasteiger partial charge is 0.281 e. The number of carbonyl (C=O) groups excluding carboxylic acids is 2. The van der Waals surface area contributed by atoms with Crippen LogP contribution in [0.4, 0.5) is 0 Å². The number of carbonyl (C=O) groups is 2. The lowest BCUT2D eigenvalue weighted by Crippen LogP contribution is -1.88. The van der Waals surface area contributed by atoms with E-state index in [9.17, 15) is 9.59 Å². The molecule has 0 aromatic heterocycles. The van der Waals surface area contributed by atoms with Crippen LogP contribution in [0.25, 0.3) is 0 Å². The Labute approximate surface area is 128 Å². The lowest BCUT2D eigenvalue weighted by molar-refractivity contribution is -0.112. The molecular weight excluding hydrogens is 283 g/mol. The van der Waals surface area contributed by atoms with Gasteiger partial charge in [-0.3, -0.25) is 9.59 Å². The minimum absolute atomic E-state index is 0.268. The molecule has 4 heteroatoms. The van der Waals surface area contributed by atoms with E-state index in [0.717, 1.165) is 32.1 Å². The van der Waals surface area contributed by atoms with Crippen LogP contribution >= 0.6 is 23.2 Å². The molecule has 0 aliphatic carbocycles. The van der Waals surface area contributed by atoms with E-state index in [1.54, 1.807) is 0 Å². The van der Waals surface area contributed by atoms with E-state index in [-0.39, 0.29) is 10.5 Å². The molecule has 0 atom stereocenters. The van der Waals surface area contributed by atoms with Crippen LogP contribution in [0.3, 0.4) is 0 Å². The molecule has 0 aliphatic heterocycles. The van der Waals surface area contributed by atoms with Crippen molar-refractivity contribution in [2.24, 2.45) is 0 Å². The Bertz CT molecular complexity index is 196. The Morgan fingerprint density at radius 3 is 1.21 bits per heavy atom. The summed E-state index contributed by atoms with van der Waals surface area (Å²) in [5.41, 5.74) is 0. The highest BCUT2D eigenvalue weighted by molar-refractivity contribution is 6.63. The molecule has 0 saturated carbocycles. The quantitative estimate of drug-likeness (QED) is 0.355. The maximum Gasteiger partial charge on any atom is 0.221 e. The van der Waals surface area contributed by atoms with Crippen molar-refractivity contribution in [3.8, 4) is 0 Å². The molecule has 2 nitrogen and oxygen atoms in total. The third-order valence-electron chi connectivity index (χ3n) is 2.70.